The first-order valence-electron chi connectivity index (χ1n) is 9.22. The van der Waals surface area contributed by atoms with E-state index in [9.17, 15) is 10.1 Å². The molecule has 0 aliphatic carbocycles. The quantitative estimate of drug-likeness (QED) is 0.345. The molecule has 3 aromatic rings. The van der Waals surface area contributed by atoms with Crippen molar-refractivity contribution in [2.24, 2.45) is 0 Å². The number of nitrogens with one attached hydrogen (secondary N) is 1. The molecular weight excluding hydrogens is 435 g/mol. The first-order chi connectivity index (χ1) is 15.0. The van der Waals surface area contributed by atoms with Crippen LogP contribution in [0.2, 0.25) is 10.0 Å². The normalized spacial score (nSPS) is 10.8. The molecule has 0 radical (unpaired) electrons. The lowest BCUT2D eigenvalue weighted by Gasteiger charge is -2.08. The summed E-state index contributed by atoms with van der Waals surface area (Å²) in [4.78, 5) is 12.4. The zero-order valence-corrected chi connectivity index (χ0v) is 18.1. The Kier molecular flexibility index (Phi) is 7.55. The van der Waals surface area contributed by atoms with Gasteiger partial charge in [0.25, 0.3) is 5.91 Å². The minimum atomic E-state index is -0.495. The van der Waals surface area contributed by atoms with Crippen molar-refractivity contribution in [1.82, 2.24) is 0 Å². The average Bonchev–Trinajstić information content (AvgIpc) is 2.78. The maximum atomic E-state index is 12.4. The highest BCUT2D eigenvalue weighted by Gasteiger charge is 2.10. The summed E-state index contributed by atoms with van der Waals surface area (Å²) >= 11 is 12.0. The number of amides is 1. The summed E-state index contributed by atoms with van der Waals surface area (Å²) in [6.45, 7) is 0.291. The van der Waals surface area contributed by atoms with Gasteiger partial charge in [-0.15, -0.1) is 0 Å². The third-order valence-electron chi connectivity index (χ3n) is 4.31. The summed E-state index contributed by atoms with van der Waals surface area (Å²) < 4.78 is 10.8. The molecule has 0 aliphatic rings. The van der Waals surface area contributed by atoms with Gasteiger partial charge in [-0.25, -0.2) is 0 Å². The minimum Gasteiger partial charge on any atom is -0.497 e. The summed E-state index contributed by atoms with van der Waals surface area (Å²) in [5.41, 5.74) is 2.06. The lowest BCUT2D eigenvalue weighted by molar-refractivity contribution is -0.112. The maximum Gasteiger partial charge on any atom is 0.266 e. The van der Waals surface area contributed by atoms with E-state index in [4.69, 9.17) is 32.7 Å². The van der Waals surface area contributed by atoms with Crippen LogP contribution < -0.4 is 14.8 Å². The Labute approximate surface area is 190 Å². The van der Waals surface area contributed by atoms with Crippen LogP contribution in [-0.4, -0.2) is 13.0 Å². The molecule has 3 rings (SSSR count). The predicted octanol–water partition coefficient (Wildman–Crippen LogP) is 6.13. The number of halogens is 2. The molecule has 0 aliphatic heterocycles. The van der Waals surface area contributed by atoms with Gasteiger partial charge in [0.05, 0.1) is 7.11 Å². The SMILES string of the molecule is COc1ccc(NC(=O)/C(C#N)=C/c2ccc(OCc3ccc(Cl)cc3Cl)cc2)cc1. The summed E-state index contributed by atoms with van der Waals surface area (Å²) in [6, 6.07) is 21.0. The topological polar surface area (TPSA) is 71.3 Å². The number of hydrogen-bond donors (Lipinski definition) is 1. The Morgan fingerprint density at radius 2 is 1.71 bits per heavy atom. The fourth-order valence-corrected chi connectivity index (χ4v) is 3.11. The van der Waals surface area contributed by atoms with Crippen LogP contribution in [0, 0.1) is 11.3 Å². The van der Waals surface area contributed by atoms with E-state index in [2.05, 4.69) is 5.32 Å². The van der Waals surface area contributed by atoms with E-state index in [-0.39, 0.29) is 5.57 Å². The summed E-state index contributed by atoms with van der Waals surface area (Å²) in [5.74, 6) is 0.810. The van der Waals surface area contributed by atoms with Crippen molar-refractivity contribution in [3.05, 3.63) is 93.5 Å². The van der Waals surface area contributed by atoms with Crippen molar-refractivity contribution in [3.8, 4) is 17.6 Å². The van der Waals surface area contributed by atoms with E-state index in [1.165, 1.54) is 6.08 Å². The van der Waals surface area contributed by atoms with Crippen LogP contribution in [0.5, 0.6) is 11.5 Å². The number of benzene rings is 3. The van der Waals surface area contributed by atoms with Crippen LogP contribution in [0.15, 0.2) is 72.3 Å². The Balaban J connectivity index is 1.64. The number of carbonyl (C=O) groups excluding carboxylic acids is 1. The van der Waals surface area contributed by atoms with Crippen molar-refractivity contribution in [1.29, 1.82) is 5.26 Å². The van der Waals surface area contributed by atoms with Gasteiger partial charge in [0.2, 0.25) is 0 Å². The fraction of sp³-hybridized carbons (Fsp3) is 0.0833. The van der Waals surface area contributed by atoms with Crippen molar-refractivity contribution < 1.29 is 14.3 Å². The largest absolute Gasteiger partial charge is 0.497 e. The molecule has 5 nitrogen and oxygen atoms in total. The Hall–Kier alpha value is -3.46. The third kappa shape index (κ3) is 6.26. The summed E-state index contributed by atoms with van der Waals surface area (Å²) in [7, 11) is 1.56. The van der Waals surface area contributed by atoms with Gasteiger partial charge in [-0.1, -0.05) is 41.4 Å². The highest BCUT2D eigenvalue weighted by Crippen LogP contribution is 2.23. The molecule has 0 aromatic heterocycles. The molecule has 0 bridgehead atoms. The first-order valence-corrected chi connectivity index (χ1v) is 9.98. The highest BCUT2D eigenvalue weighted by atomic mass is 35.5. The van der Waals surface area contributed by atoms with Gasteiger partial charge < -0.3 is 14.8 Å². The van der Waals surface area contributed by atoms with E-state index < -0.39 is 5.91 Å². The molecular formula is C24H18Cl2N2O3. The first kappa shape index (κ1) is 22.2. The van der Waals surface area contributed by atoms with E-state index in [1.54, 1.807) is 67.8 Å². The number of hydrogen-bond acceptors (Lipinski definition) is 4. The molecule has 1 amide bonds. The average molecular weight is 453 g/mol. The molecule has 156 valence electrons. The minimum absolute atomic E-state index is 0.0163. The van der Waals surface area contributed by atoms with Gasteiger partial charge in [0.1, 0.15) is 29.7 Å². The molecule has 7 heteroatoms. The monoisotopic (exact) mass is 452 g/mol. The second-order valence-corrected chi connectivity index (χ2v) is 7.29. The molecule has 3 aromatic carbocycles. The molecule has 0 atom stereocenters. The van der Waals surface area contributed by atoms with Gasteiger partial charge in [-0.2, -0.15) is 5.26 Å². The Bertz CT molecular complexity index is 1130. The number of anilines is 1. The van der Waals surface area contributed by atoms with Crippen LogP contribution in [0.4, 0.5) is 5.69 Å². The van der Waals surface area contributed by atoms with Gasteiger partial charge in [0.15, 0.2) is 0 Å². The van der Waals surface area contributed by atoms with Crippen molar-refractivity contribution in [3.63, 3.8) is 0 Å². The van der Waals surface area contributed by atoms with Gasteiger partial charge >= 0.3 is 0 Å². The van der Waals surface area contributed by atoms with Gasteiger partial charge in [-0.3, -0.25) is 4.79 Å². The molecule has 0 unspecified atom stereocenters. The number of nitrogens with zero attached hydrogens (tertiary/aromatic N) is 1. The van der Waals surface area contributed by atoms with E-state index in [0.717, 1.165) is 5.56 Å². The number of carbonyl (C=O) groups is 1. The highest BCUT2D eigenvalue weighted by molar-refractivity contribution is 6.35. The predicted molar refractivity (Wildman–Crippen MR) is 122 cm³/mol. The second-order valence-electron chi connectivity index (χ2n) is 6.45. The zero-order valence-electron chi connectivity index (χ0n) is 16.6. The standard InChI is InChI=1S/C24H18Cl2N2O3/c1-30-21-10-6-20(7-11-21)28-24(29)18(14-27)12-16-2-8-22(9-3-16)31-15-17-4-5-19(25)13-23(17)26/h2-13H,15H2,1H3,(H,28,29)/b18-12+. The van der Waals surface area contributed by atoms with Crippen LogP contribution in [0.25, 0.3) is 6.08 Å². The van der Waals surface area contributed by atoms with Crippen LogP contribution in [0.3, 0.4) is 0 Å². The van der Waals surface area contributed by atoms with Gasteiger partial charge in [-0.05, 0) is 60.2 Å². The zero-order chi connectivity index (χ0) is 22.2. The van der Waals surface area contributed by atoms with Crippen LogP contribution in [0.1, 0.15) is 11.1 Å². The fourth-order valence-electron chi connectivity index (χ4n) is 2.65. The maximum absolute atomic E-state index is 12.4. The molecule has 0 heterocycles. The lowest BCUT2D eigenvalue weighted by atomic mass is 10.1. The van der Waals surface area contributed by atoms with Crippen LogP contribution >= 0.6 is 23.2 Å². The summed E-state index contributed by atoms with van der Waals surface area (Å²) in [6.07, 6.45) is 1.51. The molecule has 0 saturated carbocycles. The smallest absolute Gasteiger partial charge is 0.266 e. The number of nitriles is 1. The number of ether oxygens (including phenoxy) is 2. The third-order valence-corrected chi connectivity index (χ3v) is 4.90. The van der Waals surface area contributed by atoms with Crippen molar-refractivity contribution >= 4 is 40.9 Å². The van der Waals surface area contributed by atoms with E-state index in [0.29, 0.717) is 39.4 Å². The number of methoxy groups -OCH3 is 1. The van der Waals surface area contributed by atoms with Gasteiger partial charge in [0, 0.05) is 21.3 Å². The van der Waals surface area contributed by atoms with Crippen molar-refractivity contribution in [2.45, 2.75) is 6.61 Å². The van der Waals surface area contributed by atoms with E-state index >= 15 is 0 Å². The molecule has 0 fully saturated rings. The lowest BCUT2D eigenvalue weighted by Crippen LogP contribution is -2.13. The molecule has 1 N–H and O–H groups in total. The molecule has 0 spiro atoms. The number of rotatable bonds is 7. The Morgan fingerprint density at radius 3 is 2.32 bits per heavy atom. The van der Waals surface area contributed by atoms with E-state index in [1.807, 2.05) is 12.1 Å². The second kappa shape index (κ2) is 10.5. The van der Waals surface area contributed by atoms with Crippen LogP contribution in [-0.2, 0) is 11.4 Å². The molecule has 0 saturated heterocycles. The van der Waals surface area contributed by atoms with Crippen molar-refractivity contribution in [2.75, 3.05) is 12.4 Å². The summed E-state index contributed by atoms with van der Waals surface area (Å²) in [5, 5.41) is 13.2. The Morgan fingerprint density at radius 1 is 1.03 bits per heavy atom. The molecule has 31 heavy (non-hydrogen) atoms.